The molecule has 0 radical (unpaired) electrons. The van der Waals surface area contributed by atoms with Crippen LogP contribution in [0.4, 0.5) is 0 Å². The van der Waals surface area contributed by atoms with Crippen LogP contribution < -0.4 is 0 Å². The number of rotatable bonds is 6. The van der Waals surface area contributed by atoms with Gasteiger partial charge in [0.05, 0.1) is 11.2 Å². The van der Waals surface area contributed by atoms with Gasteiger partial charge >= 0.3 is 0 Å². The van der Waals surface area contributed by atoms with Gasteiger partial charge in [-0.1, -0.05) is 30.3 Å². The summed E-state index contributed by atoms with van der Waals surface area (Å²) >= 11 is 1.69. The number of amides is 1. The Bertz CT molecular complexity index is 704. The number of hydrogen-bond donors (Lipinski definition) is 1. The van der Waals surface area contributed by atoms with Gasteiger partial charge in [-0.05, 0) is 31.9 Å². The van der Waals surface area contributed by atoms with E-state index < -0.39 is 6.10 Å². The van der Waals surface area contributed by atoms with E-state index in [1.807, 2.05) is 30.6 Å². The zero-order valence-electron chi connectivity index (χ0n) is 14.8. The Labute approximate surface area is 152 Å². The van der Waals surface area contributed by atoms with Crippen LogP contribution in [0.25, 0.3) is 0 Å². The molecule has 1 saturated heterocycles. The zero-order valence-corrected chi connectivity index (χ0v) is 15.6. The predicted molar refractivity (Wildman–Crippen MR) is 99.3 cm³/mol. The molecular weight excluding hydrogens is 334 g/mol. The van der Waals surface area contributed by atoms with E-state index in [2.05, 4.69) is 16.9 Å². The number of carbonyl (C=O) groups excluding carboxylic acids is 1. The maximum absolute atomic E-state index is 12.5. The zero-order chi connectivity index (χ0) is 17.8. The highest BCUT2D eigenvalue weighted by atomic mass is 32.1. The van der Waals surface area contributed by atoms with E-state index in [0.717, 1.165) is 38.3 Å². The molecule has 1 aromatic heterocycles. The minimum Gasteiger partial charge on any atom is -0.378 e. The van der Waals surface area contributed by atoms with Gasteiger partial charge < -0.3 is 14.9 Å². The number of thiazole rings is 1. The van der Waals surface area contributed by atoms with Crippen molar-refractivity contribution in [2.45, 2.75) is 26.0 Å². The Kier molecular flexibility index (Phi) is 5.83. The van der Waals surface area contributed by atoms with Crippen LogP contribution in [-0.2, 0) is 11.3 Å². The van der Waals surface area contributed by atoms with Crippen molar-refractivity contribution in [1.29, 1.82) is 0 Å². The molecule has 0 bridgehead atoms. The molecule has 0 spiro atoms. The second-order valence-electron chi connectivity index (χ2n) is 6.81. The molecule has 1 aromatic carbocycles. The number of aryl methyl sites for hydroxylation is 1. The lowest BCUT2D eigenvalue weighted by Crippen LogP contribution is -2.34. The number of aromatic nitrogens is 1. The molecular formula is C19H25N3O2S. The summed E-state index contributed by atoms with van der Waals surface area (Å²) in [5, 5.41) is 10.3. The van der Waals surface area contributed by atoms with Crippen molar-refractivity contribution in [2.75, 3.05) is 26.7 Å². The second-order valence-corrected chi connectivity index (χ2v) is 7.75. The summed E-state index contributed by atoms with van der Waals surface area (Å²) in [6.07, 6.45) is -0.0725. The Morgan fingerprint density at radius 1 is 1.44 bits per heavy atom. The summed E-state index contributed by atoms with van der Waals surface area (Å²) in [5.41, 5.74) is 3.65. The SMILES string of the molecule is Cc1ncsc1CN(C)CC1CCN(C(=O)[C@H](O)c2ccccc2)C1. The normalized spacial score (nSPS) is 18.7. The average molecular weight is 359 g/mol. The lowest BCUT2D eigenvalue weighted by Gasteiger charge is -2.22. The lowest BCUT2D eigenvalue weighted by atomic mass is 10.1. The average Bonchev–Trinajstić information content (AvgIpc) is 3.24. The third-order valence-corrected chi connectivity index (χ3v) is 5.69. The summed E-state index contributed by atoms with van der Waals surface area (Å²) in [4.78, 5) is 22.2. The smallest absolute Gasteiger partial charge is 0.256 e. The fourth-order valence-corrected chi connectivity index (χ4v) is 4.22. The Hall–Kier alpha value is -1.76. The largest absolute Gasteiger partial charge is 0.378 e. The van der Waals surface area contributed by atoms with E-state index in [0.29, 0.717) is 11.5 Å². The second kappa shape index (κ2) is 8.08. The first-order chi connectivity index (χ1) is 12.0. The van der Waals surface area contributed by atoms with Crippen molar-refractivity contribution in [3.8, 4) is 0 Å². The van der Waals surface area contributed by atoms with Crippen LogP contribution >= 0.6 is 11.3 Å². The van der Waals surface area contributed by atoms with Gasteiger partial charge in [0.15, 0.2) is 6.10 Å². The maximum atomic E-state index is 12.5. The number of hydrogen-bond acceptors (Lipinski definition) is 5. The molecule has 1 aliphatic heterocycles. The van der Waals surface area contributed by atoms with Gasteiger partial charge in [0.1, 0.15) is 0 Å². The van der Waals surface area contributed by atoms with Crippen LogP contribution in [0.2, 0.25) is 0 Å². The Morgan fingerprint density at radius 3 is 2.88 bits per heavy atom. The highest BCUT2D eigenvalue weighted by molar-refractivity contribution is 7.09. The molecule has 6 heteroatoms. The third-order valence-electron chi connectivity index (χ3n) is 4.78. The van der Waals surface area contributed by atoms with E-state index in [9.17, 15) is 9.90 Å². The van der Waals surface area contributed by atoms with E-state index in [4.69, 9.17) is 0 Å². The summed E-state index contributed by atoms with van der Waals surface area (Å²) in [5.74, 6) is 0.264. The molecule has 134 valence electrons. The number of nitrogens with zero attached hydrogens (tertiary/aromatic N) is 3. The molecule has 2 aromatic rings. The quantitative estimate of drug-likeness (QED) is 0.861. The molecule has 0 saturated carbocycles. The van der Waals surface area contributed by atoms with Crippen LogP contribution in [-0.4, -0.2) is 52.5 Å². The fourth-order valence-electron chi connectivity index (χ4n) is 3.36. The first kappa shape index (κ1) is 18.0. The van der Waals surface area contributed by atoms with E-state index in [1.165, 1.54) is 4.88 Å². The third kappa shape index (κ3) is 4.45. The summed E-state index contributed by atoms with van der Waals surface area (Å²) in [7, 11) is 2.11. The van der Waals surface area contributed by atoms with Crippen molar-refractivity contribution < 1.29 is 9.90 Å². The van der Waals surface area contributed by atoms with Crippen molar-refractivity contribution in [1.82, 2.24) is 14.8 Å². The summed E-state index contributed by atoms with van der Waals surface area (Å²) < 4.78 is 0. The van der Waals surface area contributed by atoms with Gasteiger partial charge in [0.2, 0.25) is 0 Å². The summed E-state index contributed by atoms with van der Waals surface area (Å²) in [6, 6.07) is 9.15. The van der Waals surface area contributed by atoms with Gasteiger partial charge in [-0.15, -0.1) is 11.3 Å². The van der Waals surface area contributed by atoms with E-state index in [-0.39, 0.29) is 5.91 Å². The van der Waals surface area contributed by atoms with Gasteiger partial charge in [-0.25, -0.2) is 4.98 Å². The monoisotopic (exact) mass is 359 g/mol. The summed E-state index contributed by atoms with van der Waals surface area (Å²) in [6.45, 7) is 5.33. The van der Waals surface area contributed by atoms with Crippen molar-refractivity contribution >= 4 is 17.2 Å². The number of carbonyl (C=O) groups is 1. The predicted octanol–water partition coefficient (Wildman–Crippen LogP) is 2.47. The van der Waals surface area contributed by atoms with Crippen LogP contribution in [0.5, 0.6) is 0 Å². The van der Waals surface area contributed by atoms with Crippen LogP contribution in [0.1, 0.15) is 28.7 Å². The number of aliphatic hydroxyl groups excluding tert-OH is 1. The van der Waals surface area contributed by atoms with Gasteiger partial charge in [0, 0.05) is 31.1 Å². The molecule has 1 aliphatic rings. The van der Waals surface area contributed by atoms with Crippen molar-refractivity contribution in [3.63, 3.8) is 0 Å². The fraction of sp³-hybridized carbons (Fsp3) is 0.474. The van der Waals surface area contributed by atoms with Crippen LogP contribution in [0.15, 0.2) is 35.8 Å². The first-order valence-corrected chi connectivity index (χ1v) is 9.52. The molecule has 1 N–H and O–H groups in total. The molecule has 25 heavy (non-hydrogen) atoms. The van der Waals surface area contributed by atoms with Gasteiger partial charge in [-0.2, -0.15) is 0 Å². The standard InChI is InChI=1S/C19H25N3O2S/c1-14-17(25-13-20-14)12-21(2)10-15-8-9-22(11-15)19(24)18(23)16-6-4-3-5-7-16/h3-7,13,15,18,23H,8-12H2,1-2H3/t15?,18-/m1/s1. The molecule has 3 rings (SSSR count). The van der Waals surface area contributed by atoms with Crippen molar-refractivity contribution in [2.24, 2.45) is 5.92 Å². The van der Waals surface area contributed by atoms with Crippen molar-refractivity contribution in [3.05, 3.63) is 52.0 Å². The molecule has 1 fully saturated rings. The Balaban J connectivity index is 1.51. The molecule has 1 amide bonds. The molecule has 5 nitrogen and oxygen atoms in total. The minimum absolute atomic E-state index is 0.186. The highest BCUT2D eigenvalue weighted by Gasteiger charge is 2.31. The number of aliphatic hydroxyl groups is 1. The molecule has 2 atom stereocenters. The minimum atomic E-state index is -1.06. The van der Waals surface area contributed by atoms with E-state index in [1.54, 1.807) is 28.4 Å². The van der Waals surface area contributed by atoms with Crippen LogP contribution in [0, 0.1) is 12.8 Å². The topological polar surface area (TPSA) is 56.7 Å². The van der Waals surface area contributed by atoms with E-state index >= 15 is 0 Å². The van der Waals surface area contributed by atoms with Crippen LogP contribution in [0.3, 0.4) is 0 Å². The number of benzene rings is 1. The molecule has 0 aliphatic carbocycles. The lowest BCUT2D eigenvalue weighted by molar-refractivity contribution is -0.139. The number of likely N-dealkylation sites (tertiary alicyclic amines) is 1. The maximum Gasteiger partial charge on any atom is 0.256 e. The van der Waals surface area contributed by atoms with Gasteiger partial charge in [-0.3, -0.25) is 4.79 Å². The Morgan fingerprint density at radius 2 is 2.20 bits per heavy atom. The molecule has 1 unspecified atom stereocenters. The highest BCUT2D eigenvalue weighted by Crippen LogP contribution is 2.23. The van der Waals surface area contributed by atoms with Gasteiger partial charge in [0.25, 0.3) is 5.91 Å². The first-order valence-electron chi connectivity index (χ1n) is 8.64. The molecule has 2 heterocycles.